The number of nitrogens with one attached hydrogen (secondary N) is 1. The Labute approximate surface area is 148 Å². The Bertz CT molecular complexity index is 616. The minimum absolute atomic E-state index is 0.206. The molecule has 0 bridgehead atoms. The Morgan fingerprint density at radius 1 is 1.16 bits per heavy atom. The molecule has 1 fully saturated rings. The van der Waals surface area contributed by atoms with Gasteiger partial charge < -0.3 is 19.9 Å². The number of carboxylic acids is 1. The molecule has 0 saturated heterocycles. The highest BCUT2D eigenvalue weighted by molar-refractivity contribution is 5.89. The molecule has 1 amide bonds. The smallest absolute Gasteiger partial charge is 0.307 e. The van der Waals surface area contributed by atoms with Gasteiger partial charge in [-0.25, -0.2) is 0 Å². The lowest BCUT2D eigenvalue weighted by atomic mass is 10.1. The molecule has 1 aromatic rings. The molecule has 0 spiro atoms. The first-order valence-electron chi connectivity index (χ1n) is 8.90. The molecule has 0 radical (unpaired) electrons. The summed E-state index contributed by atoms with van der Waals surface area (Å²) in [5.41, 5.74) is 0.899. The highest BCUT2D eigenvalue weighted by Crippen LogP contribution is 2.39. The molecule has 1 aromatic carbocycles. The lowest BCUT2D eigenvalue weighted by molar-refractivity contribution is -0.140. The number of carbonyl (C=O) groups is 2. The summed E-state index contributed by atoms with van der Waals surface area (Å²) in [6, 6.07) is 5.41. The lowest BCUT2D eigenvalue weighted by Crippen LogP contribution is -2.29. The molecule has 6 heteroatoms. The van der Waals surface area contributed by atoms with Crippen molar-refractivity contribution in [1.29, 1.82) is 0 Å². The van der Waals surface area contributed by atoms with Crippen molar-refractivity contribution in [3.05, 3.63) is 23.8 Å². The maximum absolute atomic E-state index is 12.1. The Morgan fingerprint density at radius 2 is 1.80 bits per heavy atom. The minimum Gasteiger partial charge on any atom is -0.490 e. The molecule has 1 aliphatic rings. The standard InChI is InChI=1S/C19H27NO5/c1-4-8-24-16-7-6-13(10-17(16)25-9-5-2)12(3)20-18(21)14-11-15(14)19(22)23/h6-7,10,12,14-15H,4-5,8-9,11H2,1-3H3,(H,20,21)(H,22,23). The molecule has 0 aliphatic heterocycles. The van der Waals surface area contributed by atoms with Gasteiger partial charge in [0.05, 0.1) is 31.1 Å². The molecule has 3 atom stereocenters. The summed E-state index contributed by atoms with van der Waals surface area (Å²) >= 11 is 0. The van der Waals surface area contributed by atoms with Crippen LogP contribution in [0.2, 0.25) is 0 Å². The third kappa shape index (κ3) is 5.11. The van der Waals surface area contributed by atoms with Crippen LogP contribution in [0.4, 0.5) is 0 Å². The van der Waals surface area contributed by atoms with E-state index in [2.05, 4.69) is 5.32 Å². The number of benzene rings is 1. The van der Waals surface area contributed by atoms with Crippen molar-refractivity contribution in [3.8, 4) is 11.5 Å². The van der Waals surface area contributed by atoms with Gasteiger partial charge in [0.15, 0.2) is 11.5 Å². The maximum atomic E-state index is 12.1. The first kappa shape index (κ1) is 19.1. The fourth-order valence-corrected chi connectivity index (χ4v) is 2.61. The van der Waals surface area contributed by atoms with Crippen molar-refractivity contribution in [1.82, 2.24) is 5.32 Å². The summed E-state index contributed by atoms with van der Waals surface area (Å²) < 4.78 is 11.5. The highest BCUT2D eigenvalue weighted by Gasteiger charge is 2.48. The molecule has 0 heterocycles. The number of rotatable bonds is 10. The molecule has 2 N–H and O–H groups in total. The second-order valence-corrected chi connectivity index (χ2v) is 6.42. The second-order valence-electron chi connectivity index (χ2n) is 6.42. The van der Waals surface area contributed by atoms with E-state index in [0.717, 1.165) is 18.4 Å². The van der Waals surface area contributed by atoms with Gasteiger partial charge in [-0.05, 0) is 43.9 Å². The quantitative estimate of drug-likeness (QED) is 0.678. The molecule has 1 saturated carbocycles. The third-order valence-corrected chi connectivity index (χ3v) is 4.19. The van der Waals surface area contributed by atoms with Crippen LogP contribution < -0.4 is 14.8 Å². The molecule has 6 nitrogen and oxygen atoms in total. The number of carbonyl (C=O) groups excluding carboxylic acids is 1. The molecule has 0 aromatic heterocycles. The number of carboxylic acid groups (broad SMARTS) is 1. The zero-order chi connectivity index (χ0) is 18.4. The van der Waals surface area contributed by atoms with E-state index < -0.39 is 17.8 Å². The van der Waals surface area contributed by atoms with Gasteiger partial charge in [0, 0.05) is 0 Å². The van der Waals surface area contributed by atoms with Crippen LogP contribution >= 0.6 is 0 Å². The molecule has 2 rings (SSSR count). The van der Waals surface area contributed by atoms with Crippen LogP contribution in [0, 0.1) is 11.8 Å². The second kappa shape index (κ2) is 8.74. The summed E-state index contributed by atoms with van der Waals surface area (Å²) in [4.78, 5) is 23.0. The molecule has 3 unspecified atom stereocenters. The van der Waals surface area contributed by atoms with Crippen molar-refractivity contribution in [3.63, 3.8) is 0 Å². The number of aliphatic carboxylic acids is 1. The lowest BCUT2D eigenvalue weighted by Gasteiger charge is -2.18. The van der Waals surface area contributed by atoms with Gasteiger partial charge in [-0.1, -0.05) is 19.9 Å². The van der Waals surface area contributed by atoms with E-state index >= 15 is 0 Å². The van der Waals surface area contributed by atoms with Gasteiger partial charge >= 0.3 is 5.97 Å². The number of hydrogen-bond donors (Lipinski definition) is 2. The third-order valence-electron chi connectivity index (χ3n) is 4.19. The summed E-state index contributed by atoms with van der Waals surface area (Å²) in [5.74, 6) is -0.694. The number of ether oxygens (including phenoxy) is 2. The summed E-state index contributed by atoms with van der Waals surface area (Å²) in [7, 11) is 0. The van der Waals surface area contributed by atoms with E-state index in [-0.39, 0.29) is 11.9 Å². The van der Waals surface area contributed by atoms with Gasteiger partial charge in [-0.2, -0.15) is 0 Å². The van der Waals surface area contributed by atoms with Crippen molar-refractivity contribution < 1.29 is 24.2 Å². The normalized spacial score (nSPS) is 19.8. The van der Waals surface area contributed by atoms with E-state index in [1.807, 2.05) is 39.0 Å². The highest BCUT2D eigenvalue weighted by atomic mass is 16.5. The van der Waals surface area contributed by atoms with E-state index in [4.69, 9.17) is 14.6 Å². The fraction of sp³-hybridized carbons (Fsp3) is 0.579. The summed E-state index contributed by atoms with van der Waals surface area (Å²) in [6.45, 7) is 7.16. The van der Waals surface area contributed by atoms with E-state index in [0.29, 0.717) is 31.1 Å². The van der Waals surface area contributed by atoms with E-state index in [1.165, 1.54) is 0 Å². The zero-order valence-electron chi connectivity index (χ0n) is 15.1. The summed E-state index contributed by atoms with van der Waals surface area (Å²) in [5, 5.41) is 11.8. The van der Waals surface area contributed by atoms with E-state index in [9.17, 15) is 9.59 Å². The van der Waals surface area contributed by atoms with Crippen LogP contribution in [0.5, 0.6) is 11.5 Å². The van der Waals surface area contributed by atoms with Gasteiger partial charge in [-0.15, -0.1) is 0 Å². The van der Waals surface area contributed by atoms with Crippen molar-refractivity contribution in [2.45, 2.75) is 46.1 Å². The predicted octanol–water partition coefficient (Wildman–Crippen LogP) is 3.16. The maximum Gasteiger partial charge on any atom is 0.307 e. The minimum atomic E-state index is -0.902. The first-order chi connectivity index (χ1) is 12.0. The summed E-state index contributed by atoms with van der Waals surface area (Å²) in [6.07, 6.45) is 2.22. The van der Waals surface area contributed by atoms with Crippen LogP contribution in [-0.2, 0) is 9.59 Å². The van der Waals surface area contributed by atoms with Gasteiger partial charge in [-0.3, -0.25) is 9.59 Å². The average molecular weight is 349 g/mol. The molecule has 25 heavy (non-hydrogen) atoms. The van der Waals surface area contributed by atoms with Crippen LogP contribution in [0.3, 0.4) is 0 Å². The number of hydrogen-bond acceptors (Lipinski definition) is 4. The topological polar surface area (TPSA) is 84.9 Å². The zero-order valence-corrected chi connectivity index (χ0v) is 15.1. The van der Waals surface area contributed by atoms with Crippen LogP contribution in [0.1, 0.15) is 51.6 Å². The number of amides is 1. The predicted molar refractivity (Wildman–Crippen MR) is 93.8 cm³/mol. The van der Waals surface area contributed by atoms with Gasteiger partial charge in [0.25, 0.3) is 0 Å². The van der Waals surface area contributed by atoms with Crippen molar-refractivity contribution >= 4 is 11.9 Å². The Kier molecular flexibility index (Phi) is 6.67. The molecular weight excluding hydrogens is 322 g/mol. The molecular formula is C19H27NO5. The van der Waals surface area contributed by atoms with Crippen molar-refractivity contribution in [2.75, 3.05) is 13.2 Å². The monoisotopic (exact) mass is 349 g/mol. The van der Waals surface area contributed by atoms with Crippen LogP contribution in [0.15, 0.2) is 18.2 Å². The van der Waals surface area contributed by atoms with E-state index in [1.54, 1.807) is 0 Å². The average Bonchev–Trinajstić information content (AvgIpc) is 3.39. The van der Waals surface area contributed by atoms with Crippen molar-refractivity contribution in [2.24, 2.45) is 11.8 Å². The van der Waals surface area contributed by atoms with Crippen LogP contribution in [-0.4, -0.2) is 30.2 Å². The van der Waals surface area contributed by atoms with Gasteiger partial charge in [0.1, 0.15) is 0 Å². The Hall–Kier alpha value is -2.24. The fourth-order valence-electron chi connectivity index (χ4n) is 2.61. The molecule has 138 valence electrons. The first-order valence-corrected chi connectivity index (χ1v) is 8.90. The largest absolute Gasteiger partial charge is 0.490 e. The SMILES string of the molecule is CCCOc1ccc(C(C)NC(=O)C2CC2C(=O)O)cc1OCCC. The van der Waals surface area contributed by atoms with Gasteiger partial charge in [0.2, 0.25) is 5.91 Å². The molecule has 1 aliphatic carbocycles. The Balaban J connectivity index is 2.04. The Morgan fingerprint density at radius 3 is 2.36 bits per heavy atom. The van der Waals surface area contributed by atoms with Crippen LogP contribution in [0.25, 0.3) is 0 Å².